The van der Waals surface area contributed by atoms with Gasteiger partial charge in [-0.3, -0.25) is 9.59 Å². The number of nitrogens with zero attached hydrogens (tertiary/aromatic N) is 1. The Labute approximate surface area is 188 Å². The zero-order chi connectivity index (χ0) is 22.7. The third-order valence-corrected chi connectivity index (χ3v) is 6.07. The molecule has 2 aromatic carbocycles. The topological polar surface area (TPSA) is 69.6 Å². The van der Waals surface area contributed by atoms with Crippen molar-refractivity contribution in [1.29, 1.82) is 0 Å². The van der Waals surface area contributed by atoms with Gasteiger partial charge in [-0.15, -0.1) is 0 Å². The van der Waals surface area contributed by atoms with Crippen molar-refractivity contribution in [2.75, 3.05) is 13.7 Å². The normalized spacial score (nSPS) is 17.8. The van der Waals surface area contributed by atoms with Crippen LogP contribution in [0.1, 0.15) is 42.6 Å². The number of amides is 1. The lowest BCUT2D eigenvalue weighted by atomic mass is 9.93. The van der Waals surface area contributed by atoms with E-state index in [0.29, 0.717) is 35.9 Å². The average molecular weight is 435 g/mol. The highest BCUT2D eigenvalue weighted by molar-refractivity contribution is 6.06. The Hall–Kier alpha value is -3.12. The minimum atomic E-state index is -0.255. The fourth-order valence-electron chi connectivity index (χ4n) is 4.35. The maximum absolute atomic E-state index is 13.3. The Morgan fingerprint density at radius 1 is 1.16 bits per heavy atom. The quantitative estimate of drug-likeness (QED) is 0.638. The summed E-state index contributed by atoms with van der Waals surface area (Å²) in [5, 5.41) is 4.41. The highest BCUT2D eigenvalue weighted by atomic mass is 16.5. The fourth-order valence-corrected chi connectivity index (χ4v) is 4.35. The third kappa shape index (κ3) is 4.86. The van der Waals surface area contributed by atoms with E-state index >= 15 is 0 Å². The predicted molar refractivity (Wildman–Crippen MR) is 125 cm³/mol. The first kappa shape index (κ1) is 22.1. The van der Waals surface area contributed by atoms with Crippen LogP contribution < -0.4 is 15.6 Å². The lowest BCUT2D eigenvalue weighted by Gasteiger charge is -2.35. The number of hydrogen-bond donors (Lipinski definition) is 1. The molecular formula is C26H30N2O4. The number of pyridine rings is 1. The van der Waals surface area contributed by atoms with Crippen molar-refractivity contribution in [1.82, 2.24) is 9.88 Å². The van der Waals surface area contributed by atoms with Gasteiger partial charge in [-0.1, -0.05) is 30.3 Å². The highest BCUT2D eigenvalue weighted by Gasteiger charge is 2.30. The first-order valence-electron chi connectivity index (χ1n) is 11.1. The second kappa shape index (κ2) is 9.17. The number of benzene rings is 2. The standard InChI is InChI=1S/C26H30N2O4/c1-26(2)16-19(13-15-32-26)27-24(29)23-17-28(25(30)22-7-5-4-6-21(22)23)14-12-18-8-10-20(31-3)11-9-18/h4-11,17,19H,12-16H2,1-3H3,(H,27,29). The molecule has 0 bridgehead atoms. The molecule has 2 heterocycles. The number of aryl methyl sites for hydroxylation is 2. The van der Waals surface area contributed by atoms with Gasteiger partial charge in [0, 0.05) is 36.2 Å². The summed E-state index contributed by atoms with van der Waals surface area (Å²) in [4.78, 5) is 26.4. The zero-order valence-corrected chi connectivity index (χ0v) is 18.9. The number of hydrogen-bond acceptors (Lipinski definition) is 4. The predicted octanol–water partition coefficient (Wildman–Crippen LogP) is 3.94. The summed E-state index contributed by atoms with van der Waals surface area (Å²) < 4.78 is 12.6. The number of methoxy groups -OCH3 is 1. The van der Waals surface area contributed by atoms with E-state index in [1.807, 2.05) is 56.3 Å². The summed E-state index contributed by atoms with van der Waals surface area (Å²) in [6.07, 6.45) is 3.92. The molecule has 1 aliphatic rings. The number of ether oxygens (including phenoxy) is 2. The van der Waals surface area contributed by atoms with Crippen molar-refractivity contribution >= 4 is 16.7 Å². The van der Waals surface area contributed by atoms with E-state index in [2.05, 4.69) is 5.32 Å². The molecule has 1 amide bonds. The van der Waals surface area contributed by atoms with Crippen LogP contribution in [0.25, 0.3) is 10.8 Å². The molecule has 1 N–H and O–H groups in total. The SMILES string of the molecule is COc1ccc(CCn2cc(C(=O)NC3CCOC(C)(C)C3)c3ccccc3c2=O)cc1. The van der Waals surface area contributed by atoms with Crippen LogP contribution in [0, 0.1) is 0 Å². The molecule has 1 saturated heterocycles. The molecule has 0 radical (unpaired) electrons. The Morgan fingerprint density at radius 2 is 1.88 bits per heavy atom. The van der Waals surface area contributed by atoms with Gasteiger partial charge in [0.2, 0.25) is 0 Å². The van der Waals surface area contributed by atoms with Gasteiger partial charge in [-0.2, -0.15) is 0 Å². The molecule has 1 unspecified atom stereocenters. The summed E-state index contributed by atoms with van der Waals surface area (Å²) in [5.74, 6) is 0.647. The first-order chi connectivity index (χ1) is 15.4. The maximum atomic E-state index is 13.3. The summed E-state index contributed by atoms with van der Waals surface area (Å²) in [5.41, 5.74) is 1.29. The maximum Gasteiger partial charge on any atom is 0.258 e. The van der Waals surface area contributed by atoms with E-state index in [1.165, 1.54) is 0 Å². The summed E-state index contributed by atoms with van der Waals surface area (Å²) in [6.45, 7) is 5.20. The molecule has 1 aliphatic heterocycles. The molecule has 6 nitrogen and oxygen atoms in total. The highest BCUT2D eigenvalue weighted by Crippen LogP contribution is 2.25. The van der Waals surface area contributed by atoms with Crippen LogP contribution in [0.3, 0.4) is 0 Å². The Bertz CT molecular complexity index is 1160. The smallest absolute Gasteiger partial charge is 0.258 e. The number of carbonyl (C=O) groups is 1. The van der Waals surface area contributed by atoms with Gasteiger partial charge in [-0.25, -0.2) is 0 Å². The lowest BCUT2D eigenvalue weighted by Crippen LogP contribution is -2.46. The van der Waals surface area contributed by atoms with Gasteiger partial charge in [0.1, 0.15) is 5.75 Å². The van der Waals surface area contributed by atoms with Crippen LogP contribution in [0.2, 0.25) is 0 Å². The zero-order valence-electron chi connectivity index (χ0n) is 18.9. The van der Waals surface area contributed by atoms with E-state index < -0.39 is 0 Å². The molecular weight excluding hydrogens is 404 g/mol. The first-order valence-corrected chi connectivity index (χ1v) is 11.1. The van der Waals surface area contributed by atoms with Crippen molar-refractivity contribution in [2.45, 2.75) is 51.3 Å². The lowest BCUT2D eigenvalue weighted by molar-refractivity contribution is -0.0615. The number of rotatable bonds is 6. The van der Waals surface area contributed by atoms with Gasteiger partial charge in [0.25, 0.3) is 11.5 Å². The molecule has 32 heavy (non-hydrogen) atoms. The number of fused-ring (bicyclic) bond motifs is 1. The monoisotopic (exact) mass is 434 g/mol. The van der Waals surface area contributed by atoms with E-state index in [0.717, 1.165) is 24.2 Å². The van der Waals surface area contributed by atoms with Gasteiger partial charge in [0.15, 0.2) is 0 Å². The van der Waals surface area contributed by atoms with Crippen LogP contribution in [0.4, 0.5) is 0 Å². The molecule has 168 valence electrons. The minimum Gasteiger partial charge on any atom is -0.497 e. The molecule has 0 aliphatic carbocycles. The van der Waals surface area contributed by atoms with Crippen LogP contribution in [0.15, 0.2) is 59.5 Å². The van der Waals surface area contributed by atoms with E-state index in [-0.39, 0.29) is 23.1 Å². The Balaban J connectivity index is 1.60. The van der Waals surface area contributed by atoms with E-state index in [9.17, 15) is 9.59 Å². The molecule has 6 heteroatoms. The van der Waals surface area contributed by atoms with Crippen LogP contribution >= 0.6 is 0 Å². The largest absolute Gasteiger partial charge is 0.497 e. The third-order valence-electron chi connectivity index (χ3n) is 6.07. The second-order valence-electron chi connectivity index (χ2n) is 8.96. The fraction of sp³-hybridized carbons (Fsp3) is 0.385. The molecule has 3 aromatic rings. The average Bonchev–Trinajstić information content (AvgIpc) is 2.78. The molecule has 0 saturated carbocycles. The summed E-state index contributed by atoms with van der Waals surface area (Å²) >= 11 is 0. The van der Waals surface area contributed by atoms with Crippen molar-refractivity contribution in [3.63, 3.8) is 0 Å². The number of aromatic nitrogens is 1. The summed E-state index contributed by atoms with van der Waals surface area (Å²) in [6, 6.07) is 15.2. The molecule has 1 atom stereocenters. The van der Waals surface area contributed by atoms with Crippen LogP contribution in [-0.4, -0.2) is 35.8 Å². The van der Waals surface area contributed by atoms with Crippen molar-refractivity contribution < 1.29 is 14.3 Å². The van der Waals surface area contributed by atoms with Gasteiger partial charge in [-0.05, 0) is 56.9 Å². The number of carbonyl (C=O) groups excluding carboxylic acids is 1. The van der Waals surface area contributed by atoms with Gasteiger partial charge >= 0.3 is 0 Å². The van der Waals surface area contributed by atoms with Crippen LogP contribution in [0.5, 0.6) is 5.75 Å². The van der Waals surface area contributed by atoms with Crippen LogP contribution in [-0.2, 0) is 17.7 Å². The molecule has 1 fully saturated rings. The second-order valence-corrected chi connectivity index (χ2v) is 8.96. The number of nitrogens with one attached hydrogen (secondary N) is 1. The van der Waals surface area contributed by atoms with E-state index in [4.69, 9.17) is 9.47 Å². The van der Waals surface area contributed by atoms with Crippen molar-refractivity contribution in [3.05, 3.63) is 76.2 Å². The summed E-state index contributed by atoms with van der Waals surface area (Å²) in [7, 11) is 1.64. The van der Waals surface area contributed by atoms with E-state index in [1.54, 1.807) is 23.9 Å². The van der Waals surface area contributed by atoms with Gasteiger partial charge in [0.05, 0.1) is 18.3 Å². The Morgan fingerprint density at radius 3 is 2.56 bits per heavy atom. The molecule has 4 rings (SSSR count). The molecule has 0 spiro atoms. The molecule has 1 aromatic heterocycles. The Kier molecular flexibility index (Phi) is 6.33. The van der Waals surface area contributed by atoms with Crippen molar-refractivity contribution in [2.24, 2.45) is 0 Å². The van der Waals surface area contributed by atoms with Gasteiger partial charge < -0.3 is 19.4 Å². The van der Waals surface area contributed by atoms with Crippen molar-refractivity contribution in [3.8, 4) is 5.75 Å². The minimum absolute atomic E-state index is 0.0460.